The van der Waals surface area contributed by atoms with Crippen molar-refractivity contribution in [2.75, 3.05) is 42.5 Å². The number of quaternary nitrogens is 1. The van der Waals surface area contributed by atoms with E-state index < -0.39 is 8.80 Å². The molecule has 18 heavy (non-hydrogen) atoms. The maximum absolute atomic E-state index is 5.56. The molecule has 0 atom stereocenters. The normalized spacial score (nSPS) is 12.8. The molecule has 0 aromatic heterocycles. The number of benzene rings is 1. The van der Waals surface area contributed by atoms with Crippen molar-refractivity contribution in [2.45, 2.75) is 6.54 Å². The van der Waals surface area contributed by atoms with E-state index in [9.17, 15) is 0 Å². The molecule has 1 aromatic rings. The molecule has 0 unspecified atom stereocenters. The van der Waals surface area contributed by atoms with Crippen molar-refractivity contribution >= 4 is 14.0 Å². The van der Waals surface area contributed by atoms with Gasteiger partial charge in [-0.05, 0) is 0 Å². The van der Waals surface area contributed by atoms with E-state index in [2.05, 4.69) is 27.2 Å². The van der Waals surface area contributed by atoms with E-state index in [4.69, 9.17) is 13.3 Å². The number of hydrogen-bond donors (Lipinski definition) is 0. The Balaban J connectivity index is 3.23. The van der Waals surface area contributed by atoms with Crippen LogP contribution in [-0.4, -0.2) is 55.8 Å². The molecule has 102 valence electrons. The first-order chi connectivity index (χ1) is 8.38. The average molecular weight is 270 g/mol. The van der Waals surface area contributed by atoms with Crippen molar-refractivity contribution in [3.63, 3.8) is 0 Å². The quantitative estimate of drug-likeness (QED) is 0.570. The van der Waals surface area contributed by atoms with Crippen LogP contribution in [0, 0.1) is 0 Å². The van der Waals surface area contributed by atoms with Gasteiger partial charge in [-0.1, -0.05) is 24.3 Å². The molecular weight excluding hydrogens is 246 g/mol. The van der Waals surface area contributed by atoms with Crippen LogP contribution in [0.1, 0.15) is 5.56 Å². The molecule has 0 aliphatic rings. The molecule has 0 aliphatic carbocycles. The van der Waals surface area contributed by atoms with Gasteiger partial charge in [0.15, 0.2) is 0 Å². The highest BCUT2D eigenvalue weighted by molar-refractivity contribution is 6.75. The van der Waals surface area contributed by atoms with Crippen LogP contribution in [0.4, 0.5) is 0 Å². The van der Waals surface area contributed by atoms with Gasteiger partial charge < -0.3 is 17.8 Å². The predicted molar refractivity (Wildman–Crippen MR) is 74.6 cm³/mol. The lowest BCUT2D eigenvalue weighted by Crippen LogP contribution is -2.56. The summed E-state index contributed by atoms with van der Waals surface area (Å²) in [5.41, 5.74) is 1.21. The van der Waals surface area contributed by atoms with E-state index >= 15 is 0 Å². The fraction of sp³-hybridized carbons (Fsp3) is 0.538. The van der Waals surface area contributed by atoms with Crippen molar-refractivity contribution in [3.05, 3.63) is 29.8 Å². The third kappa shape index (κ3) is 3.40. The van der Waals surface area contributed by atoms with Gasteiger partial charge in [0.2, 0.25) is 0 Å². The molecule has 1 aromatic carbocycles. The zero-order valence-electron chi connectivity index (χ0n) is 12.2. The van der Waals surface area contributed by atoms with Crippen LogP contribution in [0.5, 0.6) is 0 Å². The summed E-state index contributed by atoms with van der Waals surface area (Å²) in [6.07, 6.45) is 0. The Morgan fingerprint density at radius 1 is 0.944 bits per heavy atom. The van der Waals surface area contributed by atoms with Crippen LogP contribution in [0.3, 0.4) is 0 Å². The first-order valence-corrected chi connectivity index (χ1v) is 7.65. The van der Waals surface area contributed by atoms with E-state index in [1.54, 1.807) is 21.3 Å². The van der Waals surface area contributed by atoms with Gasteiger partial charge in [-0.15, -0.1) is 0 Å². The highest BCUT2D eigenvalue weighted by Crippen LogP contribution is 2.13. The molecule has 4 nitrogen and oxygen atoms in total. The Morgan fingerprint density at radius 3 is 1.89 bits per heavy atom. The Hall–Kier alpha value is -0.723. The van der Waals surface area contributed by atoms with Gasteiger partial charge in [-0.2, -0.15) is 0 Å². The zero-order valence-corrected chi connectivity index (χ0v) is 13.2. The molecular formula is C13H24NO3Si+. The summed E-state index contributed by atoms with van der Waals surface area (Å²) in [7, 11) is 8.65. The summed E-state index contributed by atoms with van der Waals surface area (Å²) in [5.74, 6) is 0. The second-order valence-electron chi connectivity index (χ2n) is 5.27. The van der Waals surface area contributed by atoms with Gasteiger partial charge in [0.05, 0.1) is 21.1 Å². The molecule has 0 saturated heterocycles. The van der Waals surface area contributed by atoms with Crippen LogP contribution in [0.25, 0.3) is 0 Å². The smallest absolute Gasteiger partial charge is 0.373 e. The van der Waals surface area contributed by atoms with E-state index in [0.717, 1.165) is 16.2 Å². The Kier molecular flexibility index (Phi) is 5.07. The van der Waals surface area contributed by atoms with Crippen LogP contribution in [0.15, 0.2) is 24.3 Å². The van der Waals surface area contributed by atoms with Crippen molar-refractivity contribution < 1.29 is 17.8 Å². The summed E-state index contributed by atoms with van der Waals surface area (Å²) >= 11 is 0. The Morgan fingerprint density at radius 2 is 1.44 bits per heavy atom. The standard InChI is InChI=1S/C13H24NO3Si/c1-14(2,3)11-12-9-7-8-10-13(12)18(15-4,16-5)17-6/h7-10H,11H2,1-6H3/q+1. The molecule has 0 amide bonds. The monoisotopic (exact) mass is 270 g/mol. The van der Waals surface area contributed by atoms with Gasteiger partial charge in [0.1, 0.15) is 6.54 Å². The lowest BCUT2D eigenvalue weighted by molar-refractivity contribution is -0.883. The third-order valence-corrected chi connectivity index (χ3v) is 5.56. The number of hydrogen-bond acceptors (Lipinski definition) is 3. The summed E-state index contributed by atoms with van der Waals surface area (Å²) in [6, 6.07) is 8.17. The van der Waals surface area contributed by atoms with E-state index in [1.807, 2.05) is 18.2 Å². The van der Waals surface area contributed by atoms with Crippen molar-refractivity contribution in [1.29, 1.82) is 0 Å². The molecule has 0 radical (unpaired) electrons. The van der Waals surface area contributed by atoms with E-state index in [-0.39, 0.29) is 0 Å². The Labute approximate surface area is 111 Å². The van der Waals surface area contributed by atoms with Crippen LogP contribution in [0.2, 0.25) is 0 Å². The molecule has 0 fully saturated rings. The minimum atomic E-state index is -2.75. The lowest BCUT2D eigenvalue weighted by Gasteiger charge is -2.29. The van der Waals surface area contributed by atoms with Gasteiger partial charge in [0, 0.05) is 32.1 Å². The second-order valence-corrected chi connectivity index (χ2v) is 8.15. The van der Waals surface area contributed by atoms with Crippen molar-refractivity contribution in [3.8, 4) is 0 Å². The van der Waals surface area contributed by atoms with Crippen LogP contribution in [-0.2, 0) is 19.8 Å². The molecule has 0 N–H and O–H groups in total. The molecule has 0 aliphatic heterocycles. The third-order valence-electron chi connectivity index (χ3n) is 2.80. The lowest BCUT2D eigenvalue weighted by atomic mass is 10.2. The minimum Gasteiger partial charge on any atom is -0.373 e. The fourth-order valence-corrected chi connectivity index (χ4v) is 4.06. The molecule has 5 heteroatoms. The Bertz CT molecular complexity index is 378. The van der Waals surface area contributed by atoms with Crippen molar-refractivity contribution in [1.82, 2.24) is 0 Å². The SMILES string of the molecule is CO[Si](OC)(OC)c1ccccc1C[N+](C)(C)C. The maximum Gasteiger partial charge on any atom is 0.536 e. The first-order valence-electron chi connectivity index (χ1n) is 5.93. The fourth-order valence-electron chi connectivity index (χ4n) is 2.05. The molecule has 0 heterocycles. The molecule has 0 bridgehead atoms. The van der Waals surface area contributed by atoms with Crippen molar-refractivity contribution in [2.24, 2.45) is 0 Å². The highest BCUT2D eigenvalue weighted by atomic mass is 28.4. The predicted octanol–water partition coefficient (Wildman–Crippen LogP) is 0.978. The zero-order chi connectivity index (χ0) is 13.8. The van der Waals surface area contributed by atoms with E-state index in [1.165, 1.54) is 5.56 Å². The minimum absolute atomic E-state index is 0.846. The maximum atomic E-state index is 5.56. The summed E-state index contributed by atoms with van der Waals surface area (Å²) in [4.78, 5) is 0. The summed E-state index contributed by atoms with van der Waals surface area (Å²) in [6.45, 7) is 0.904. The average Bonchev–Trinajstić information content (AvgIpc) is 2.32. The summed E-state index contributed by atoms with van der Waals surface area (Å²) < 4.78 is 17.5. The molecule has 0 spiro atoms. The van der Waals surface area contributed by atoms with Gasteiger partial charge in [0.25, 0.3) is 0 Å². The van der Waals surface area contributed by atoms with Crippen LogP contribution < -0.4 is 5.19 Å². The second kappa shape index (κ2) is 5.95. The number of nitrogens with zero attached hydrogens (tertiary/aromatic N) is 1. The summed E-state index contributed by atoms with van der Waals surface area (Å²) in [5, 5.41) is 1.05. The molecule has 0 saturated carbocycles. The number of rotatable bonds is 6. The largest absolute Gasteiger partial charge is 0.536 e. The topological polar surface area (TPSA) is 27.7 Å². The molecule has 1 rings (SSSR count). The van der Waals surface area contributed by atoms with Gasteiger partial charge >= 0.3 is 8.80 Å². The van der Waals surface area contributed by atoms with E-state index in [0.29, 0.717) is 0 Å². The van der Waals surface area contributed by atoms with Crippen LogP contribution >= 0.6 is 0 Å². The van der Waals surface area contributed by atoms with Gasteiger partial charge in [-0.25, -0.2) is 0 Å². The van der Waals surface area contributed by atoms with Gasteiger partial charge in [-0.3, -0.25) is 0 Å². The first kappa shape index (κ1) is 15.3. The highest BCUT2D eigenvalue weighted by Gasteiger charge is 2.43.